The Bertz CT molecular complexity index is 625. The van der Waals surface area contributed by atoms with E-state index in [2.05, 4.69) is 19.4 Å². The molecule has 0 bridgehead atoms. The lowest BCUT2D eigenvalue weighted by Crippen LogP contribution is -2.38. The molecule has 1 heterocycles. The summed E-state index contributed by atoms with van der Waals surface area (Å²) in [7, 11) is 3.78. The molecule has 1 aromatic carbocycles. The first-order valence-corrected chi connectivity index (χ1v) is 6.75. The fraction of sp³-hybridized carbons (Fsp3) is 0.333. The van der Waals surface area contributed by atoms with Crippen molar-refractivity contribution >= 4 is 40.3 Å². The minimum absolute atomic E-state index is 0.425. The van der Waals surface area contributed by atoms with Crippen LogP contribution in [0.2, 0.25) is 0 Å². The third-order valence-electron chi connectivity index (χ3n) is 2.56. The molecule has 0 saturated heterocycles. The van der Waals surface area contributed by atoms with E-state index in [0.717, 1.165) is 17.2 Å². The second kappa shape index (κ2) is 6.40. The van der Waals surface area contributed by atoms with Crippen LogP contribution in [-0.4, -0.2) is 52.6 Å². The molecule has 20 heavy (non-hydrogen) atoms. The van der Waals surface area contributed by atoms with Gasteiger partial charge in [0.15, 0.2) is 0 Å². The van der Waals surface area contributed by atoms with E-state index in [1.807, 2.05) is 19.0 Å². The van der Waals surface area contributed by atoms with Crippen LogP contribution in [0.3, 0.4) is 0 Å². The van der Waals surface area contributed by atoms with Crippen LogP contribution >= 0.6 is 11.7 Å². The first-order valence-electron chi connectivity index (χ1n) is 6.02. The van der Waals surface area contributed by atoms with Crippen molar-refractivity contribution in [1.29, 1.82) is 0 Å². The molecule has 0 radical (unpaired) electrons. The average Bonchev–Trinajstić information content (AvgIpc) is 2.85. The van der Waals surface area contributed by atoms with E-state index in [1.54, 1.807) is 18.2 Å². The Morgan fingerprint density at radius 2 is 1.95 bits per heavy atom. The number of hydrogen-bond donors (Lipinski definition) is 2. The van der Waals surface area contributed by atoms with Gasteiger partial charge in [-0.2, -0.15) is 8.75 Å². The van der Waals surface area contributed by atoms with Crippen molar-refractivity contribution < 1.29 is 9.59 Å². The van der Waals surface area contributed by atoms with E-state index in [4.69, 9.17) is 0 Å². The molecular weight excluding hydrogens is 278 g/mol. The lowest BCUT2D eigenvalue weighted by atomic mass is 10.2. The zero-order valence-corrected chi connectivity index (χ0v) is 12.0. The van der Waals surface area contributed by atoms with Crippen molar-refractivity contribution in [1.82, 2.24) is 19.0 Å². The first-order chi connectivity index (χ1) is 9.56. The van der Waals surface area contributed by atoms with Gasteiger partial charge in [0.1, 0.15) is 11.0 Å². The van der Waals surface area contributed by atoms with Crippen molar-refractivity contribution in [3.8, 4) is 0 Å². The molecule has 0 aliphatic heterocycles. The number of likely N-dealkylation sites (N-methyl/N-ethyl adjacent to an activating group) is 1. The standard InChI is InChI=1S/C12H15N5O2S/c1-17(2)6-5-13-11(18)12(19)14-8-3-4-9-10(7-8)16-20-15-9/h3-4,7H,5-6H2,1-2H3,(H,13,18)(H,14,19). The molecule has 0 aliphatic rings. The molecule has 0 unspecified atom stereocenters. The van der Waals surface area contributed by atoms with Crippen molar-refractivity contribution in [3.63, 3.8) is 0 Å². The van der Waals surface area contributed by atoms with Crippen molar-refractivity contribution in [3.05, 3.63) is 18.2 Å². The lowest BCUT2D eigenvalue weighted by molar-refractivity contribution is -0.136. The first kappa shape index (κ1) is 14.4. The molecule has 0 spiro atoms. The highest BCUT2D eigenvalue weighted by atomic mass is 32.1. The van der Waals surface area contributed by atoms with Crippen LogP contribution in [0.25, 0.3) is 11.0 Å². The number of nitrogens with zero attached hydrogens (tertiary/aromatic N) is 3. The molecule has 106 valence electrons. The smallest absolute Gasteiger partial charge is 0.313 e. The number of benzene rings is 1. The minimum Gasteiger partial charge on any atom is -0.347 e. The van der Waals surface area contributed by atoms with Gasteiger partial charge in [-0.25, -0.2) is 0 Å². The molecule has 7 nitrogen and oxygen atoms in total. The molecule has 0 fully saturated rings. The predicted molar refractivity (Wildman–Crippen MR) is 77.6 cm³/mol. The van der Waals surface area contributed by atoms with E-state index in [-0.39, 0.29) is 0 Å². The fourth-order valence-electron chi connectivity index (χ4n) is 1.52. The van der Waals surface area contributed by atoms with Crippen LogP contribution in [0.15, 0.2) is 18.2 Å². The molecule has 2 amide bonds. The number of amides is 2. The van der Waals surface area contributed by atoms with Crippen molar-refractivity contribution in [2.24, 2.45) is 0 Å². The zero-order chi connectivity index (χ0) is 14.5. The summed E-state index contributed by atoms with van der Waals surface area (Å²) < 4.78 is 8.14. The maximum absolute atomic E-state index is 11.7. The Kier molecular flexibility index (Phi) is 4.59. The Morgan fingerprint density at radius 3 is 2.70 bits per heavy atom. The summed E-state index contributed by atoms with van der Waals surface area (Å²) >= 11 is 1.10. The lowest BCUT2D eigenvalue weighted by Gasteiger charge is -2.10. The second-order valence-electron chi connectivity index (χ2n) is 4.48. The van der Waals surface area contributed by atoms with E-state index < -0.39 is 11.8 Å². The fourth-order valence-corrected chi connectivity index (χ4v) is 2.04. The normalized spacial score (nSPS) is 10.8. The van der Waals surface area contributed by atoms with Gasteiger partial charge in [-0.3, -0.25) is 9.59 Å². The number of rotatable bonds is 4. The number of fused-ring (bicyclic) bond motifs is 1. The van der Waals surface area contributed by atoms with Crippen LogP contribution in [0, 0.1) is 0 Å². The molecule has 2 aromatic rings. The van der Waals surface area contributed by atoms with Gasteiger partial charge < -0.3 is 15.5 Å². The summed E-state index contributed by atoms with van der Waals surface area (Å²) in [5, 5.41) is 5.08. The number of carbonyl (C=O) groups is 2. The van der Waals surface area contributed by atoms with Crippen molar-refractivity contribution in [2.75, 3.05) is 32.5 Å². The van der Waals surface area contributed by atoms with Crippen LogP contribution in [-0.2, 0) is 9.59 Å². The summed E-state index contributed by atoms with van der Waals surface area (Å²) in [6, 6.07) is 5.12. The number of hydrogen-bond acceptors (Lipinski definition) is 6. The molecule has 1 aromatic heterocycles. The summed E-state index contributed by atoms with van der Waals surface area (Å²) in [5.74, 6) is -1.34. The molecular formula is C12H15N5O2S. The highest BCUT2D eigenvalue weighted by Gasteiger charge is 2.13. The maximum atomic E-state index is 11.7. The number of nitrogens with one attached hydrogen (secondary N) is 2. The molecule has 0 atom stereocenters. The largest absolute Gasteiger partial charge is 0.347 e. The number of carbonyl (C=O) groups excluding carboxylic acids is 2. The van der Waals surface area contributed by atoms with E-state index in [9.17, 15) is 9.59 Å². The van der Waals surface area contributed by atoms with Gasteiger partial charge in [-0.15, -0.1) is 0 Å². The molecule has 0 saturated carbocycles. The average molecular weight is 293 g/mol. The highest BCUT2D eigenvalue weighted by molar-refractivity contribution is 7.00. The second-order valence-corrected chi connectivity index (χ2v) is 5.01. The van der Waals surface area contributed by atoms with Gasteiger partial charge in [0.2, 0.25) is 0 Å². The van der Waals surface area contributed by atoms with Gasteiger partial charge in [-0.1, -0.05) is 0 Å². The third kappa shape index (κ3) is 3.72. The Morgan fingerprint density at radius 1 is 1.20 bits per heavy atom. The van der Waals surface area contributed by atoms with Crippen LogP contribution in [0.1, 0.15) is 0 Å². The monoisotopic (exact) mass is 293 g/mol. The molecule has 0 aliphatic carbocycles. The Labute approximate surface area is 120 Å². The molecule has 8 heteroatoms. The molecule has 2 rings (SSSR count). The predicted octanol–water partition coefficient (Wildman–Crippen LogP) is 0.308. The summed E-state index contributed by atoms with van der Waals surface area (Å²) in [5.41, 5.74) is 1.99. The van der Waals surface area contributed by atoms with E-state index in [1.165, 1.54) is 0 Å². The van der Waals surface area contributed by atoms with Gasteiger partial charge in [0.25, 0.3) is 0 Å². The van der Waals surface area contributed by atoms with E-state index in [0.29, 0.717) is 24.3 Å². The molecule has 2 N–H and O–H groups in total. The SMILES string of the molecule is CN(C)CCNC(=O)C(=O)Nc1ccc2nsnc2c1. The summed E-state index contributed by atoms with van der Waals surface area (Å²) in [4.78, 5) is 25.2. The Hall–Kier alpha value is -2.06. The van der Waals surface area contributed by atoms with E-state index >= 15 is 0 Å². The summed E-state index contributed by atoms with van der Waals surface area (Å²) in [6.45, 7) is 1.10. The quantitative estimate of drug-likeness (QED) is 0.792. The highest BCUT2D eigenvalue weighted by Crippen LogP contribution is 2.16. The van der Waals surface area contributed by atoms with Crippen molar-refractivity contribution in [2.45, 2.75) is 0 Å². The topological polar surface area (TPSA) is 87.2 Å². The van der Waals surface area contributed by atoms with Gasteiger partial charge in [0, 0.05) is 18.8 Å². The minimum atomic E-state index is -0.689. The maximum Gasteiger partial charge on any atom is 0.313 e. The zero-order valence-electron chi connectivity index (χ0n) is 11.2. The Balaban J connectivity index is 1.91. The van der Waals surface area contributed by atoms with Crippen LogP contribution in [0.5, 0.6) is 0 Å². The van der Waals surface area contributed by atoms with Gasteiger partial charge in [0.05, 0.1) is 11.7 Å². The number of aromatic nitrogens is 2. The van der Waals surface area contributed by atoms with Crippen LogP contribution in [0.4, 0.5) is 5.69 Å². The van der Waals surface area contributed by atoms with Gasteiger partial charge in [-0.05, 0) is 32.3 Å². The van der Waals surface area contributed by atoms with Crippen LogP contribution < -0.4 is 10.6 Å². The number of anilines is 1. The van der Waals surface area contributed by atoms with Gasteiger partial charge >= 0.3 is 11.8 Å². The summed E-state index contributed by atoms with van der Waals surface area (Å²) in [6.07, 6.45) is 0. The third-order valence-corrected chi connectivity index (χ3v) is 3.12.